The van der Waals surface area contributed by atoms with Gasteiger partial charge in [0, 0.05) is 13.6 Å². The number of rotatable bonds is 11. The molecule has 0 heterocycles. The lowest BCUT2D eigenvalue weighted by Gasteiger charge is -2.23. The Kier molecular flexibility index (Phi) is 17.0. The second-order valence-corrected chi connectivity index (χ2v) is 7.95. The molecule has 178 valence electrons. The molecule has 31 heavy (non-hydrogen) atoms. The van der Waals surface area contributed by atoms with Gasteiger partial charge in [-0.1, -0.05) is 37.3 Å². The van der Waals surface area contributed by atoms with E-state index in [4.69, 9.17) is 5.73 Å². The standard InChI is InChI=1S/C17H26N4O5S.2CH5N/c1-3-9-21(27(25,26)12-13-7-5-4-6-8-13)11-16(23)20-14(10-15(18)22)17(24)19-2;2*1-2/h4-8,14H,3,9-12H2,1-2H3,(H2,18,22)(H,19,24)(H,20,23);2*2H2,1H3/t14-;;/m0../s1. The van der Waals surface area contributed by atoms with Crippen LogP contribution in [0.5, 0.6) is 0 Å². The molecule has 0 saturated heterocycles. The molecule has 1 rings (SSSR count). The average molecular weight is 461 g/mol. The summed E-state index contributed by atoms with van der Waals surface area (Å²) in [6.07, 6.45) is 0.136. The first-order valence-corrected chi connectivity index (χ1v) is 11.3. The fourth-order valence-electron chi connectivity index (χ4n) is 2.43. The Bertz CT molecular complexity index is 758. The molecule has 8 N–H and O–H groups in total. The van der Waals surface area contributed by atoms with E-state index in [0.29, 0.717) is 12.0 Å². The van der Waals surface area contributed by atoms with Crippen LogP contribution in [0.3, 0.4) is 0 Å². The van der Waals surface area contributed by atoms with Crippen LogP contribution in [-0.2, 0) is 30.2 Å². The van der Waals surface area contributed by atoms with E-state index in [2.05, 4.69) is 22.1 Å². The summed E-state index contributed by atoms with van der Waals surface area (Å²) in [5, 5.41) is 4.69. The van der Waals surface area contributed by atoms with E-state index in [0.717, 1.165) is 4.31 Å². The molecular formula is C19H36N6O5S. The third kappa shape index (κ3) is 12.7. The summed E-state index contributed by atoms with van der Waals surface area (Å²) < 4.78 is 26.4. The monoisotopic (exact) mass is 460 g/mol. The molecule has 0 aliphatic carbocycles. The van der Waals surface area contributed by atoms with Crippen LogP contribution >= 0.6 is 0 Å². The van der Waals surface area contributed by atoms with Crippen molar-refractivity contribution < 1.29 is 22.8 Å². The zero-order chi connectivity index (χ0) is 24.4. The SMILES string of the molecule is CCCN(CC(=O)N[C@@H](CC(N)=O)C(=O)NC)S(=O)(=O)Cc1ccccc1.CN.CN. The van der Waals surface area contributed by atoms with Crippen LogP contribution in [0.4, 0.5) is 0 Å². The summed E-state index contributed by atoms with van der Waals surface area (Å²) in [6, 6.07) is 7.48. The lowest BCUT2D eigenvalue weighted by Crippen LogP contribution is -2.51. The molecule has 1 atom stereocenters. The number of nitrogens with one attached hydrogen (secondary N) is 2. The van der Waals surface area contributed by atoms with Crippen molar-refractivity contribution in [2.45, 2.75) is 31.6 Å². The number of amides is 3. The van der Waals surface area contributed by atoms with Crippen molar-refractivity contribution in [3.63, 3.8) is 0 Å². The smallest absolute Gasteiger partial charge is 0.242 e. The highest BCUT2D eigenvalue weighted by Crippen LogP contribution is 2.11. The molecule has 0 fully saturated rings. The minimum Gasteiger partial charge on any atom is -0.370 e. The highest BCUT2D eigenvalue weighted by atomic mass is 32.2. The van der Waals surface area contributed by atoms with Crippen molar-refractivity contribution in [3.8, 4) is 0 Å². The summed E-state index contributed by atoms with van der Waals surface area (Å²) in [4.78, 5) is 35.1. The van der Waals surface area contributed by atoms with E-state index in [1.54, 1.807) is 37.3 Å². The molecule has 0 bridgehead atoms. The number of benzene rings is 1. The van der Waals surface area contributed by atoms with Gasteiger partial charge in [-0.05, 0) is 26.1 Å². The minimum atomic E-state index is -3.74. The van der Waals surface area contributed by atoms with Crippen molar-refractivity contribution in [1.82, 2.24) is 14.9 Å². The van der Waals surface area contributed by atoms with Gasteiger partial charge in [0.2, 0.25) is 27.7 Å². The molecule has 0 aromatic heterocycles. The van der Waals surface area contributed by atoms with Gasteiger partial charge >= 0.3 is 0 Å². The maximum absolute atomic E-state index is 12.7. The molecule has 0 aliphatic heterocycles. The third-order valence-corrected chi connectivity index (χ3v) is 5.48. The number of nitrogens with zero attached hydrogens (tertiary/aromatic N) is 1. The zero-order valence-corrected chi connectivity index (χ0v) is 19.4. The molecule has 0 aliphatic rings. The van der Waals surface area contributed by atoms with E-state index in [1.807, 2.05) is 0 Å². The Labute approximate surface area is 184 Å². The van der Waals surface area contributed by atoms with Gasteiger partial charge in [-0.3, -0.25) is 14.4 Å². The van der Waals surface area contributed by atoms with Gasteiger partial charge in [-0.2, -0.15) is 4.31 Å². The maximum Gasteiger partial charge on any atom is 0.242 e. The fraction of sp³-hybridized carbons (Fsp3) is 0.526. The number of nitrogens with two attached hydrogens (primary N) is 3. The van der Waals surface area contributed by atoms with Crippen LogP contribution < -0.4 is 27.8 Å². The normalized spacial score (nSPS) is 11.2. The van der Waals surface area contributed by atoms with Gasteiger partial charge < -0.3 is 27.8 Å². The van der Waals surface area contributed by atoms with Crippen molar-refractivity contribution >= 4 is 27.7 Å². The number of primary amides is 1. The molecule has 11 nitrogen and oxygen atoms in total. The Hall–Kier alpha value is -2.54. The molecule has 0 radical (unpaired) electrons. The van der Waals surface area contributed by atoms with Gasteiger partial charge in [-0.25, -0.2) is 8.42 Å². The second kappa shape index (κ2) is 17.2. The van der Waals surface area contributed by atoms with E-state index in [1.165, 1.54) is 21.1 Å². The van der Waals surface area contributed by atoms with E-state index in [-0.39, 0.29) is 18.7 Å². The summed E-state index contributed by atoms with van der Waals surface area (Å²) in [7, 11) is 0.620. The first-order valence-electron chi connectivity index (χ1n) is 9.66. The molecule has 1 aromatic carbocycles. The largest absolute Gasteiger partial charge is 0.370 e. The van der Waals surface area contributed by atoms with Gasteiger partial charge in [0.25, 0.3) is 0 Å². The summed E-state index contributed by atoms with van der Waals surface area (Å²) >= 11 is 0. The van der Waals surface area contributed by atoms with Crippen molar-refractivity contribution in [3.05, 3.63) is 35.9 Å². The number of carbonyl (C=O) groups excluding carboxylic acids is 3. The van der Waals surface area contributed by atoms with Crippen LogP contribution in [0.25, 0.3) is 0 Å². The number of hydrogen-bond donors (Lipinski definition) is 5. The summed E-state index contributed by atoms with van der Waals surface area (Å²) in [5.74, 6) is -2.27. The van der Waals surface area contributed by atoms with Gasteiger partial charge in [0.05, 0.1) is 18.7 Å². The Morgan fingerprint density at radius 2 is 1.61 bits per heavy atom. The van der Waals surface area contributed by atoms with Crippen molar-refractivity contribution in [1.29, 1.82) is 0 Å². The average Bonchev–Trinajstić information content (AvgIpc) is 2.75. The Morgan fingerprint density at radius 1 is 1.06 bits per heavy atom. The van der Waals surface area contributed by atoms with Crippen LogP contribution in [0.2, 0.25) is 0 Å². The maximum atomic E-state index is 12.7. The predicted molar refractivity (Wildman–Crippen MR) is 121 cm³/mol. The first-order chi connectivity index (χ1) is 14.7. The summed E-state index contributed by atoms with van der Waals surface area (Å²) in [5.41, 5.74) is 14.7. The third-order valence-electron chi connectivity index (χ3n) is 3.68. The zero-order valence-electron chi connectivity index (χ0n) is 18.6. The summed E-state index contributed by atoms with van der Waals surface area (Å²) in [6.45, 7) is 1.50. The predicted octanol–water partition coefficient (Wildman–Crippen LogP) is -1.52. The molecule has 0 unspecified atom stereocenters. The highest BCUT2D eigenvalue weighted by molar-refractivity contribution is 7.88. The van der Waals surface area contributed by atoms with Crippen LogP contribution in [-0.4, -0.2) is 70.7 Å². The van der Waals surface area contributed by atoms with Gasteiger partial charge in [0.15, 0.2) is 0 Å². The van der Waals surface area contributed by atoms with Crippen LogP contribution in [0.15, 0.2) is 30.3 Å². The Morgan fingerprint density at radius 3 is 2.06 bits per heavy atom. The molecule has 0 spiro atoms. The number of sulfonamides is 1. The van der Waals surface area contributed by atoms with Gasteiger partial charge in [0.1, 0.15) is 6.04 Å². The number of likely N-dealkylation sites (N-methyl/N-ethyl adjacent to an activating group) is 1. The topological polar surface area (TPSA) is 191 Å². The van der Waals surface area contributed by atoms with E-state index in [9.17, 15) is 22.8 Å². The quantitative estimate of drug-likeness (QED) is 0.265. The van der Waals surface area contributed by atoms with E-state index >= 15 is 0 Å². The minimum absolute atomic E-state index is 0.156. The second-order valence-electron chi connectivity index (χ2n) is 5.98. The lowest BCUT2D eigenvalue weighted by molar-refractivity contribution is -0.131. The Balaban J connectivity index is 0. The molecule has 0 saturated carbocycles. The fourth-order valence-corrected chi connectivity index (χ4v) is 4.00. The molecule has 3 amide bonds. The molecule has 1 aromatic rings. The highest BCUT2D eigenvalue weighted by Gasteiger charge is 2.27. The van der Waals surface area contributed by atoms with E-state index < -0.39 is 40.3 Å². The van der Waals surface area contributed by atoms with Gasteiger partial charge in [-0.15, -0.1) is 0 Å². The number of hydrogen-bond acceptors (Lipinski definition) is 7. The first kappa shape index (κ1) is 30.7. The van der Waals surface area contributed by atoms with Crippen LogP contribution in [0, 0.1) is 0 Å². The molecular weight excluding hydrogens is 424 g/mol. The van der Waals surface area contributed by atoms with Crippen LogP contribution in [0.1, 0.15) is 25.3 Å². The van der Waals surface area contributed by atoms with Crippen molar-refractivity contribution in [2.75, 3.05) is 34.2 Å². The number of carbonyl (C=O) groups is 3. The molecule has 12 heteroatoms. The lowest BCUT2D eigenvalue weighted by atomic mass is 10.2. The van der Waals surface area contributed by atoms with Crippen molar-refractivity contribution in [2.24, 2.45) is 17.2 Å².